The second kappa shape index (κ2) is 13.3. The molecule has 13 heteroatoms. The van der Waals surface area contributed by atoms with Gasteiger partial charge in [0, 0.05) is 89.6 Å². The van der Waals surface area contributed by atoms with Gasteiger partial charge in [-0.15, -0.1) is 5.10 Å². The van der Waals surface area contributed by atoms with Gasteiger partial charge in [-0.1, -0.05) is 47.5 Å². The number of pyridine rings is 1. The predicted octanol–water partition coefficient (Wildman–Crippen LogP) is 8.18. The SMILES string of the molecule is Cc1nc2c(F)c(-c3cccc(Cl)c3Cl)c(CCC#N)cc2c2c1cc(C1CC(n3cc(C4(C)CCOCC4)nn3)CN1C(=O)C1CC1)n2C1C2CNC1C2. The summed E-state index contributed by atoms with van der Waals surface area (Å²) in [7, 11) is 0. The van der Waals surface area contributed by atoms with Crippen molar-refractivity contribution < 1.29 is 13.9 Å². The Labute approximate surface area is 328 Å². The number of rotatable bonds is 8. The van der Waals surface area contributed by atoms with Crippen molar-refractivity contribution in [1.82, 2.24) is 34.8 Å². The molecule has 2 saturated carbocycles. The first-order valence-electron chi connectivity index (χ1n) is 19.7. The van der Waals surface area contributed by atoms with Crippen molar-refractivity contribution in [3.63, 3.8) is 0 Å². The van der Waals surface area contributed by atoms with Gasteiger partial charge in [0.15, 0.2) is 5.82 Å². The van der Waals surface area contributed by atoms with E-state index in [4.69, 9.17) is 32.9 Å². The molecule has 2 aromatic carbocycles. The van der Waals surface area contributed by atoms with Crippen molar-refractivity contribution in [1.29, 1.82) is 5.26 Å². The number of amides is 1. The van der Waals surface area contributed by atoms with Crippen LogP contribution in [0, 0.1) is 35.9 Å². The smallest absolute Gasteiger partial charge is 0.226 e. The number of carbonyl (C=O) groups is 1. The molecule has 7 heterocycles. The Balaban J connectivity index is 1.16. The number of hydrogen-bond acceptors (Lipinski definition) is 7. The standard InChI is InChI=1S/C42H43Cl2FN8O2/c1-22-28-18-33(32-17-26(20-51(32)41(54)23-8-9-23)52-21-34(49-50-52)42(2)10-13-55-14-11-42)53(39-25-16-31(39)47-19-25)40(28)29-15-24(5-4-12-46)35(37(45)38(29)48-22)27-6-3-7-30(43)36(27)44/h3,6-7,15,18,21,23,25-26,31-32,39,47H,4-5,8-11,13-14,16-17,19-20H2,1-2H3. The first kappa shape index (κ1) is 35.3. The minimum Gasteiger partial charge on any atom is -0.381 e. The number of aromatic nitrogens is 5. The first-order chi connectivity index (χ1) is 26.6. The van der Waals surface area contributed by atoms with Gasteiger partial charge in [-0.25, -0.2) is 14.1 Å². The first-order valence-corrected chi connectivity index (χ1v) is 20.4. The summed E-state index contributed by atoms with van der Waals surface area (Å²) < 4.78 is 27.4. The molecular formula is C42H43Cl2FN8O2. The molecule has 5 aromatic rings. The third kappa shape index (κ3) is 5.61. The number of benzene rings is 2. The highest BCUT2D eigenvalue weighted by Gasteiger charge is 2.51. The molecule has 5 unspecified atom stereocenters. The van der Waals surface area contributed by atoms with E-state index in [1.54, 1.807) is 18.2 Å². The Kier molecular flexibility index (Phi) is 8.52. The molecular weight excluding hydrogens is 738 g/mol. The van der Waals surface area contributed by atoms with Gasteiger partial charge in [-0.05, 0) is 81.5 Å². The molecule has 10 nitrogen and oxygen atoms in total. The summed E-state index contributed by atoms with van der Waals surface area (Å²) in [6.45, 7) is 7.07. The lowest BCUT2D eigenvalue weighted by Gasteiger charge is -2.39. The Morgan fingerprint density at radius 3 is 2.71 bits per heavy atom. The number of ether oxygens (including phenoxy) is 1. The summed E-state index contributed by atoms with van der Waals surface area (Å²) in [4.78, 5) is 21.3. The molecule has 0 radical (unpaired) electrons. The average molecular weight is 782 g/mol. The minimum absolute atomic E-state index is 0.0453. The fourth-order valence-electron chi connectivity index (χ4n) is 10.0. The van der Waals surface area contributed by atoms with Gasteiger partial charge in [0.05, 0.1) is 45.5 Å². The van der Waals surface area contributed by atoms with Gasteiger partial charge < -0.3 is 19.5 Å². The van der Waals surface area contributed by atoms with Gasteiger partial charge >= 0.3 is 0 Å². The van der Waals surface area contributed by atoms with Crippen LogP contribution >= 0.6 is 23.2 Å². The maximum absolute atomic E-state index is 17.3. The predicted molar refractivity (Wildman–Crippen MR) is 209 cm³/mol. The van der Waals surface area contributed by atoms with E-state index in [2.05, 4.69) is 50.4 Å². The summed E-state index contributed by atoms with van der Waals surface area (Å²) in [6.07, 6.45) is 8.04. The summed E-state index contributed by atoms with van der Waals surface area (Å²) in [6, 6.07) is 11.9. The number of nitriles is 1. The number of likely N-dealkylation sites (tertiary alicyclic amines) is 1. The highest BCUT2D eigenvalue weighted by atomic mass is 35.5. The zero-order valence-electron chi connectivity index (χ0n) is 31.0. The summed E-state index contributed by atoms with van der Waals surface area (Å²) >= 11 is 13.2. The largest absolute Gasteiger partial charge is 0.381 e. The lowest BCUT2D eigenvalue weighted by molar-refractivity contribution is -0.133. The molecule has 4 aliphatic heterocycles. The molecule has 2 bridgehead atoms. The van der Waals surface area contributed by atoms with Crippen LogP contribution < -0.4 is 5.32 Å². The highest BCUT2D eigenvalue weighted by Crippen LogP contribution is 2.52. The molecule has 3 aromatic heterocycles. The van der Waals surface area contributed by atoms with Crippen LogP contribution in [0.2, 0.25) is 10.0 Å². The summed E-state index contributed by atoms with van der Waals surface area (Å²) in [5.74, 6) is 0.183. The molecule has 11 rings (SSSR count). The lowest BCUT2D eigenvalue weighted by atomic mass is 9.79. The summed E-state index contributed by atoms with van der Waals surface area (Å²) in [5, 5.41) is 25.0. The van der Waals surface area contributed by atoms with Crippen molar-refractivity contribution >= 4 is 50.9 Å². The van der Waals surface area contributed by atoms with Crippen LogP contribution in [-0.4, -0.2) is 67.7 Å². The maximum Gasteiger partial charge on any atom is 0.226 e. The van der Waals surface area contributed by atoms with Crippen molar-refractivity contribution in [3.8, 4) is 17.2 Å². The Morgan fingerprint density at radius 1 is 1.16 bits per heavy atom. The van der Waals surface area contributed by atoms with Crippen LogP contribution in [0.4, 0.5) is 4.39 Å². The van der Waals surface area contributed by atoms with E-state index in [-0.39, 0.29) is 58.4 Å². The number of aryl methyl sites for hydroxylation is 2. The Hall–Kier alpha value is -4.08. The lowest BCUT2D eigenvalue weighted by Crippen LogP contribution is -2.41. The van der Waals surface area contributed by atoms with Crippen molar-refractivity contribution in [2.75, 3.05) is 26.3 Å². The number of halogens is 3. The minimum atomic E-state index is -0.477. The third-order valence-electron chi connectivity index (χ3n) is 13.4. The van der Waals surface area contributed by atoms with E-state index in [1.807, 2.05) is 17.7 Å². The average Bonchev–Trinajstić information content (AvgIpc) is 3.68. The van der Waals surface area contributed by atoms with E-state index in [0.717, 1.165) is 60.9 Å². The van der Waals surface area contributed by atoms with E-state index < -0.39 is 5.82 Å². The second-order valence-electron chi connectivity index (χ2n) is 16.7. The van der Waals surface area contributed by atoms with Crippen LogP contribution in [0.1, 0.15) is 92.6 Å². The molecule has 2 aliphatic carbocycles. The van der Waals surface area contributed by atoms with Gasteiger partial charge in [-0.3, -0.25) is 4.79 Å². The molecule has 0 spiro atoms. The van der Waals surface area contributed by atoms with Crippen LogP contribution in [0.3, 0.4) is 0 Å². The van der Waals surface area contributed by atoms with Crippen molar-refractivity contribution in [3.05, 3.63) is 75.0 Å². The molecule has 284 valence electrons. The van der Waals surface area contributed by atoms with Crippen LogP contribution in [0.25, 0.3) is 32.9 Å². The Bertz CT molecular complexity index is 2410. The molecule has 1 N–H and O–H groups in total. The third-order valence-corrected chi connectivity index (χ3v) is 14.2. The van der Waals surface area contributed by atoms with Gasteiger partial charge in [0.2, 0.25) is 5.91 Å². The quantitative estimate of drug-likeness (QED) is 0.169. The molecule has 4 saturated heterocycles. The zero-order chi connectivity index (χ0) is 37.7. The molecule has 6 fully saturated rings. The monoisotopic (exact) mass is 780 g/mol. The normalized spacial score (nSPS) is 25.8. The second-order valence-corrected chi connectivity index (χ2v) is 17.5. The van der Waals surface area contributed by atoms with E-state index in [9.17, 15) is 10.1 Å². The van der Waals surface area contributed by atoms with Crippen molar-refractivity contribution in [2.45, 2.75) is 94.8 Å². The number of hydrogen-bond donors (Lipinski definition) is 1. The van der Waals surface area contributed by atoms with Gasteiger partial charge in [-0.2, -0.15) is 5.26 Å². The number of nitrogens with one attached hydrogen (secondary N) is 1. The van der Waals surface area contributed by atoms with E-state index in [1.165, 1.54) is 0 Å². The number of carbonyl (C=O) groups excluding carboxylic acids is 1. The van der Waals surface area contributed by atoms with Crippen molar-refractivity contribution in [2.24, 2.45) is 11.8 Å². The van der Waals surface area contributed by atoms with Gasteiger partial charge in [0.25, 0.3) is 0 Å². The zero-order valence-corrected chi connectivity index (χ0v) is 32.5. The molecule has 6 aliphatic rings. The fourth-order valence-corrected chi connectivity index (χ4v) is 10.4. The summed E-state index contributed by atoms with van der Waals surface area (Å²) in [5.41, 5.74) is 5.34. The fraction of sp³-hybridized carbons (Fsp3) is 0.500. The number of fused-ring (bicyclic) bond motifs is 4. The van der Waals surface area contributed by atoms with E-state index >= 15 is 4.39 Å². The van der Waals surface area contributed by atoms with Crippen LogP contribution in [-0.2, 0) is 21.4 Å². The van der Waals surface area contributed by atoms with Gasteiger partial charge in [0.1, 0.15) is 5.52 Å². The molecule has 5 atom stereocenters. The Morgan fingerprint density at radius 2 is 1.98 bits per heavy atom. The van der Waals surface area contributed by atoms with Crippen LogP contribution in [0.5, 0.6) is 0 Å². The topological polar surface area (TPSA) is 114 Å². The maximum atomic E-state index is 17.3. The highest BCUT2D eigenvalue weighted by molar-refractivity contribution is 6.43. The van der Waals surface area contributed by atoms with Crippen LogP contribution in [0.15, 0.2) is 36.5 Å². The van der Waals surface area contributed by atoms with E-state index in [0.29, 0.717) is 71.3 Å². The molecule has 1 amide bonds. The molecule has 55 heavy (non-hydrogen) atoms. The number of nitrogens with zero attached hydrogens (tertiary/aromatic N) is 7.